The van der Waals surface area contributed by atoms with Gasteiger partial charge in [0.2, 0.25) is 0 Å². The van der Waals surface area contributed by atoms with Crippen molar-refractivity contribution in [3.05, 3.63) is 67.0 Å². The van der Waals surface area contributed by atoms with Gasteiger partial charge in [-0.1, -0.05) is 29.9 Å². The molecule has 3 aromatic heterocycles. The van der Waals surface area contributed by atoms with Crippen molar-refractivity contribution in [1.29, 1.82) is 0 Å². The van der Waals surface area contributed by atoms with Gasteiger partial charge in [-0.3, -0.25) is 4.98 Å². The Morgan fingerprint density at radius 1 is 1.00 bits per heavy atom. The lowest BCUT2D eigenvalue weighted by atomic mass is 9.91. The second-order valence-electron chi connectivity index (χ2n) is 9.85. The smallest absolute Gasteiger partial charge is 0.184 e. The predicted octanol–water partition coefficient (Wildman–Crippen LogP) is 6.42. The molecule has 1 aromatic carbocycles. The Morgan fingerprint density at radius 3 is 2.68 bits per heavy atom. The van der Waals surface area contributed by atoms with Crippen molar-refractivity contribution in [3.63, 3.8) is 0 Å². The average Bonchev–Trinajstić information content (AvgIpc) is 3.32. The molecule has 8 heteroatoms. The average molecular weight is 514 g/mol. The maximum absolute atomic E-state index is 9.75. The summed E-state index contributed by atoms with van der Waals surface area (Å²) >= 11 is 1.65. The van der Waals surface area contributed by atoms with Gasteiger partial charge in [0.1, 0.15) is 17.3 Å². The number of benzene rings is 1. The molecule has 7 nitrogen and oxygen atoms in total. The molecule has 0 bridgehead atoms. The highest BCUT2D eigenvalue weighted by Crippen LogP contribution is 2.34. The lowest BCUT2D eigenvalue weighted by Gasteiger charge is -2.30. The summed E-state index contributed by atoms with van der Waals surface area (Å²) in [5, 5.41) is 14.3. The number of aromatic nitrogens is 3. The summed E-state index contributed by atoms with van der Waals surface area (Å²) in [5.41, 5.74) is 3.98. The zero-order valence-corrected chi connectivity index (χ0v) is 21.6. The zero-order chi connectivity index (χ0) is 25.2. The van der Waals surface area contributed by atoms with Crippen molar-refractivity contribution in [1.82, 2.24) is 15.0 Å². The van der Waals surface area contributed by atoms with Crippen molar-refractivity contribution >= 4 is 32.5 Å². The zero-order valence-electron chi connectivity index (χ0n) is 20.8. The quantitative estimate of drug-likeness (QED) is 0.288. The molecule has 1 saturated heterocycles. The maximum atomic E-state index is 9.75. The van der Waals surface area contributed by atoms with Crippen molar-refractivity contribution in [2.24, 2.45) is 0 Å². The number of rotatable bonds is 6. The van der Waals surface area contributed by atoms with E-state index >= 15 is 0 Å². The molecule has 1 saturated carbocycles. The van der Waals surface area contributed by atoms with Crippen molar-refractivity contribution in [2.75, 3.05) is 23.3 Å². The SMILES string of the molecule is C=C1CCCC[C@H]1Nc1nc2ccc(Oc3ccnc(-c4ccc(N5CCC(O)CC5)nc4)c3)cc2s1. The molecule has 2 fully saturated rings. The minimum absolute atomic E-state index is 0.194. The molecule has 1 aliphatic heterocycles. The molecule has 4 heterocycles. The summed E-state index contributed by atoms with van der Waals surface area (Å²) in [6, 6.07) is 14.2. The van der Waals surface area contributed by atoms with E-state index in [0.717, 1.165) is 82.7 Å². The molecule has 0 spiro atoms. The Balaban J connectivity index is 1.15. The number of nitrogens with one attached hydrogen (secondary N) is 1. The van der Waals surface area contributed by atoms with Crippen LogP contribution in [0, 0.1) is 0 Å². The third-order valence-electron chi connectivity index (χ3n) is 7.19. The summed E-state index contributed by atoms with van der Waals surface area (Å²) in [5.74, 6) is 2.42. The maximum Gasteiger partial charge on any atom is 0.184 e. The van der Waals surface area contributed by atoms with Gasteiger partial charge in [0, 0.05) is 49.2 Å². The van der Waals surface area contributed by atoms with Crippen LogP contribution in [0.4, 0.5) is 10.9 Å². The molecule has 4 aromatic rings. The number of nitrogens with zero attached hydrogens (tertiary/aromatic N) is 4. The topological polar surface area (TPSA) is 83.4 Å². The number of anilines is 2. The highest BCUT2D eigenvalue weighted by Gasteiger charge is 2.19. The van der Waals surface area contributed by atoms with E-state index in [2.05, 4.69) is 26.8 Å². The molecule has 0 unspecified atom stereocenters. The van der Waals surface area contributed by atoms with Gasteiger partial charge in [0.25, 0.3) is 0 Å². The molecule has 1 atom stereocenters. The van der Waals surface area contributed by atoms with Crippen LogP contribution in [0.2, 0.25) is 0 Å². The van der Waals surface area contributed by atoms with E-state index in [0.29, 0.717) is 6.04 Å². The van der Waals surface area contributed by atoms with Crippen LogP contribution in [0.25, 0.3) is 21.5 Å². The fraction of sp³-hybridized carbons (Fsp3) is 0.345. The third-order valence-corrected chi connectivity index (χ3v) is 8.14. The van der Waals surface area contributed by atoms with Gasteiger partial charge >= 0.3 is 0 Å². The number of pyridine rings is 2. The number of piperidine rings is 1. The fourth-order valence-electron chi connectivity index (χ4n) is 5.02. The van der Waals surface area contributed by atoms with E-state index < -0.39 is 0 Å². The first-order valence-electron chi connectivity index (χ1n) is 13.0. The molecule has 2 N–H and O–H groups in total. The van der Waals surface area contributed by atoms with Crippen LogP contribution in [0.5, 0.6) is 11.5 Å². The van der Waals surface area contributed by atoms with Gasteiger partial charge in [0.05, 0.1) is 22.0 Å². The molecule has 0 amide bonds. The van der Waals surface area contributed by atoms with Gasteiger partial charge in [-0.25, -0.2) is 9.97 Å². The highest BCUT2D eigenvalue weighted by atomic mass is 32.1. The van der Waals surface area contributed by atoms with E-state index in [-0.39, 0.29) is 6.10 Å². The highest BCUT2D eigenvalue weighted by molar-refractivity contribution is 7.22. The molecule has 37 heavy (non-hydrogen) atoms. The number of aliphatic hydroxyl groups excluding tert-OH is 1. The largest absolute Gasteiger partial charge is 0.457 e. The molecule has 0 radical (unpaired) electrons. The minimum atomic E-state index is -0.194. The van der Waals surface area contributed by atoms with Crippen molar-refractivity contribution in [2.45, 2.75) is 50.7 Å². The Bertz CT molecular complexity index is 1400. The number of aliphatic hydroxyl groups is 1. The van der Waals surface area contributed by atoms with Crippen LogP contribution in [0.1, 0.15) is 38.5 Å². The number of ether oxygens (including phenoxy) is 1. The fourth-order valence-corrected chi connectivity index (χ4v) is 5.97. The van der Waals surface area contributed by atoms with Crippen LogP contribution in [0.15, 0.2) is 67.0 Å². The van der Waals surface area contributed by atoms with E-state index in [9.17, 15) is 5.11 Å². The summed E-state index contributed by atoms with van der Waals surface area (Å²) in [4.78, 5) is 16.2. The number of fused-ring (bicyclic) bond motifs is 1. The van der Waals surface area contributed by atoms with Crippen LogP contribution < -0.4 is 15.0 Å². The number of hydrogen-bond donors (Lipinski definition) is 2. The first-order chi connectivity index (χ1) is 18.1. The molecule has 2 aliphatic rings. The standard InChI is InChI=1S/C29H31N5O2S/c1-19-4-2-3-5-24(19)32-29-33-25-8-7-22(17-27(25)37-29)36-23-10-13-30-26(16-23)20-6-9-28(31-18-20)34-14-11-21(35)12-15-34/h6-10,13,16-18,21,24,35H,1-5,11-12,14-15H2,(H,32,33)/t24-/m1/s1. The van der Waals surface area contributed by atoms with E-state index in [4.69, 9.17) is 9.72 Å². The minimum Gasteiger partial charge on any atom is -0.457 e. The van der Waals surface area contributed by atoms with Gasteiger partial charge in [-0.15, -0.1) is 0 Å². The molecule has 6 rings (SSSR count). The Labute approximate surface area is 220 Å². The van der Waals surface area contributed by atoms with E-state index in [1.54, 1.807) is 17.5 Å². The summed E-state index contributed by atoms with van der Waals surface area (Å²) in [6.45, 7) is 5.89. The Kier molecular flexibility index (Phi) is 6.76. The third kappa shape index (κ3) is 5.45. The number of hydrogen-bond acceptors (Lipinski definition) is 8. The predicted molar refractivity (Wildman–Crippen MR) is 150 cm³/mol. The van der Waals surface area contributed by atoms with Gasteiger partial charge in [0.15, 0.2) is 5.13 Å². The summed E-state index contributed by atoms with van der Waals surface area (Å²) < 4.78 is 7.29. The Hall–Kier alpha value is -3.49. The van der Waals surface area contributed by atoms with Gasteiger partial charge in [-0.2, -0.15) is 0 Å². The van der Waals surface area contributed by atoms with Crippen LogP contribution in [0.3, 0.4) is 0 Å². The first kappa shape index (κ1) is 23.9. The van der Waals surface area contributed by atoms with Crippen molar-refractivity contribution < 1.29 is 9.84 Å². The lowest BCUT2D eigenvalue weighted by molar-refractivity contribution is 0.145. The lowest BCUT2D eigenvalue weighted by Crippen LogP contribution is -2.36. The molecule has 1 aliphatic carbocycles. The molecule has 190 valence electrons. The summed E-state index contributed by atoms with van der Waals surface area (Å²) in [6.07, 6.45) is 9.67. The monoisotopic (exact) mass is 513 g/mol. The summed E-state index contributed by atoms with van der Waals surface area (Å²) in [7, 11) is 0. The van der Waals surface area contributed by atoms with E-state index in [1.165, 1.54) is 18.4 Å². The number of thiazole rings is 1. The van der Waals surface area contributed by atoms with Crippen LogP contribution >= 0.6 is 11.3 Å². The van der Waals surface area contributed by atoms with Crippen LogP contribution in [-0.2, 0) is 0 Å². The first-order valence-corrected chi connectivity index (χ1v) is 13.8. The van der Waals surface area contributed by atoms with Gasteiger partial charge < -0.3 is 20.1 Å². The van der Waals surface area contributed by atoms with Crippen molar-refractivity contribution in [3.8, 4) is 22.8 Å². The second kappa shape index (κ2) is 10.5. The van der Waals surface area contributed by atoms with Gasteiger partial charge in [-0.05, 0) is 62.4 Å². The molecular weight excluding hydrogens is 482 g/mol. The second-order valence-corrected chi connectivity index (χ2v) is 10.9. The molecular formula is C29H31N5O2S. The normalized spacial score (nSPS) is 18.8. The Morgan fingerprint density at radius 2 is 1.86 bits per heavy atom. The van der Waals surface area contributed by atoms with Crippen LogP contribution in [-0.4, -0.2) is 45.3 Å². The van der Waals surface area contributed by atoms with E-state index in [1.807, 2.05) is 48.7 Å².